The first-order valence-electron chi connectivity index (χ1n) is 6.38. The molecule has 0 spiro atoms. The highest BCUT2D eigenvalue weighted by Gasteiger charge is 2.20. The van der Waals surface area contributed by atoms with E-state index < -0.39 is 0 Å². The van der Waals surface area contributed by atoms with Gasteiger partial charge in [0.15, 0.2) is 0 Å². The first kappa shape index (κ1) is 12.6. The standard InChI is InChI=1S/C14H15ClFN3/c15-12-5-10(1-2-13(12)16)8-19-9-18-7-14(19)11-3-4-17-6-11/h1-2,5,7,9,11,17H,3-4,6,8H2. The Bertz CT molecular complexity index is 576. The molecule has 1 aliphatic rings. The van der Waals surface area contributed by atoms with Crippen LogP contribution in [0.1, 0.15) is 23.6 Å². The van der Waals surface area contributed by atoms with E-state index >= 15 is 0 Å². The van der Waals surface area contributed by atoms with E-state index in [2.05, 4.69) is 14.9 Å². The smallest absolute Gasteiger partial charge is 0.141 e. The van der Waals surface area contributed by atoms with Gasteiger partial charge in [-0.3, -0.25) is 0 Å². The van der Waals surface area contributed by atoms with Crippen LogP contribution in [0.4, 0.5) is 4.39 Å². The first-order valence-corrected chi connectivity index (χ1v) is 6.76. The highest BCUT2D eigenvalue weighted by Crippen LogP contribution is 2.23. The summed E-state index contributed by atoms with van der Waals surface area (Å²) in [5.41, 5.74) is 2.21. The van der Waals surface area contributed by atoms with Gasteiger partial charge >= 0.3 is 0 Å². The summed E-state index contributed by atoms with van der Waals surface area (Å²) in [4.78, 5) is 4.23. The van der Waals surface area contributed by atoms with Gasteiger partial charge in [0, 0.05) is 30.9 Å². The average molecular weight is 280 g/mol. The molecular formula is C14H15ClFN3. The lowest BCUT2D eigenvalue weighted by Crippen LogP contribution is -2.12. The molecule has 3 rings (SSSR count). The summed E-state index contributed by atoms with van der Waals surface area (Å²) in [6.07, 6.45) is 4.88. The van der Waals surface area contributed by atoms with Crippen molar-refractivity contribution in [2.24, 2.45) is 0 Å². The van der Waals surface area contributed by atoms with Gasteiger partial charge in [-0.15, -0.1) is 0 Å². The number of imidazole rings is 1. The zero-order valence-corrected chi connectivity index (χ0v) is 11.2. The van der Waals surface area contributed by atoms with Crippen LogP contribution in [0.25, 0.3) is 0 Å². The van der Waals surface area contributed by atoms with E-state index in [0.29, 0.717) is 12.5 Å². The zero-order valence-electron chi connectivity index (χ0n) is 10.4. The Balaban J connectivity index is 1.83. The van der Waals surface area contributed by atoms with Crippen LogP contribution in [0, 0.1) is 5.82 Å². The van der Waals surface area contributed by atoms with Crippen molar-refractivity contribution < 1.29 is 4.39 Å². The van der Waals surface area contributed by atoms with Gasteiger partial charge in [-0.2, -0.15) is 0 Å². The normalized spacial score (nSPS) is 18.9. The Morgan fingerprint density at radius 2 is 2.37 bits per heavy atom. The van der Waals surface area contributed by atoms with E-state index in [-0.39, 0.29) is 10.8 Å². The molecule has 2 aromatic rings. The van der Waals surface area contributed by atoms with Gasteiger partial charge in [0.2, 0.25) is 0 Å². The minimum absolute atomic E-state index is 0.168. The minimum Gasteiger partial charge on any atom is -0.330 e. The topological polar surface area (TPSA) is 29.9 Å². The van der Waals surface area contributed by atoms with E-state index in [1.54, 1.807) is 12.1 Å². The van der Waals surface area contributed by atoms with Crippen molar-refractivity contribution in [3.63, 3.8) is 0 Å². The third-order valence-corrected chi connectivity index (χ3v) is 3.85. The van der Waals surface area contributed by atoms with Crippen LogP contribution in [-0.2, 0) is 6.54 Å². The van der Waals surface area contributed by atoms with Gasteiger partial charge in [0.05, 0.1) is 11.3 Å². The van der Waals surface area contributed by atoms with Crippen molar-refractivity contribution in [1.29, 1.82) is 0 Å². The predicted molar refractivity (Wildman–Crippen MR) is 73.0 cm³/mol. The van der Waals surface area contributed by atoms with Gasteiger partial charge in [0.25, 0.3) is 0 Å². The Morgan fingerprint density at radius 1 is 1.47 bits per heavy atom. The summed E-state index contributed by atoms with van der Waals surface area (Å²) in [5, 5.41) is 3.52. The van der Waals surface area contributed by atoms with Crippen molar-refractivity contribution in [3.8, 4) is 0 Å². The lowest BCUT2D eigenvalue weighted by atomic mass is 10.1. The Morgan fingerprint density at radius 3 is 3.11 bits per heavy atom. The van der Waals surface area contributed by atoms with E-state index in [1.165, 1.54) is 11.8 Å². The van der Waals surface area contributed by atoms with Crippen LogP contribution in [0.3, 0.4) is 0 Å². The van der Waals surface area contributed by atoms with Crippen molar-refractivity contribution >= 4 is 11.6 Å². The fraction of sp³-hybridized carbons (Fsp3) is 0.357. The van der Waals surface area contributed by atoms with Gasteiger partial charge in [-0.05, 0) is 30.7 Å². The summed E-state index contributed by atoms with van der Waals surface area (Å²) in [5.74, 6) is 0.134. The predicted octanol–water partition coefficient (Wildman–Crippen LogP) is 2.80. The molecule has 1 aromatic carbocycles. The molecular weight excluding hydrogens is 265 g/mol. The molecule has 1 N–H and O–H groups in total. The summed E-state index contributed by atoms with van der Waals surface area (Å²) in [6.45, 7) is 2.72. The van der Waals surface area contributed by atoms with Gasteiger partial charge in [0.1, 0.15) is 5.82 Å². The molecule has 2 heterocycles. The highest BCUT2D eigenvalue weighted by molar-refractivity contribution is 6.30. The number of rotatable bonds is 3. The van der Waals surface area contributed by atoms with Crippen LogP contribution in [-0.4, -0.2) is 22.6 Å². The quantitative estimate of drug-likeness (QED) is 0.936. The number of hydrogen-bond donors (Lipinski definition) is 1. The largest absolute Gasteiger partial charge is 0.330 e. The molecule has 0 bridgehead atoms. The summed E-state index contributed by atoms with van der Waals surface area (Å²) in [6, 6.07) is 4.84. The minimum atomic E-state index is -0.378. The molecule has 3 nitrogen and oxygen atoms in total. The maximum absolute atomic E-state index is 13.1. The molecule has 1 aliphatic heterocycles. The SMILES string of the molecule is Fc1ccc(Cn2cncc2C2CCNC2)cc1Cl. The lowest BCUT2D eigenvalue weighted by molar-refractivity contribution is 0.624. The Hall–Kier alpha value is -1.39. The summed E-state index contributed by atoms with van der Waals surface area (Å²) >= 11 is 5.81. The van der Waals surface area contributed by atoms with Crippen LogP contribution >= 0.6 is 11.6 Å². The summed E-state index contributed by atoms with van der Waals surface area (Å²) in [7, 11) is 0. The van der Waals surface area contributed by atoms with Crippen molar-refractivity contribution in [2.45, 2.75) is 18.9 Å². The van der Waals surface area contributed by atoms with Crippen LogP contribution in [0.5, 0.6) is 0 Å². The van der Waals surface area contributed by atoms with E-state index in [4.69, 9.17) is 11.6 Å². The fourth-order valence-corrected chi connectivity index (χ4v) is 2.75. The number of aromatic nitrogens is 2. The molecule has 1 aromatic heterocycles. The van der Waals surface area contributed by atoms with E-state index in [9.17, 15) is 4.39 Å². The molecule has 1 saturated heterocycles. The molecule has 0 amide bonds. The average Bonchev–Trinajstić information content (AvgIpc) is 3.04. The van der Waals surface area contributed by atoms with Crippen molar-refractivity contribution in [3.05, 3.63) is 52.8 Å². The van der Waals surface area contributed by atoms with Gasteiger partial charge in [-0.1, -0.05) is 17.7 Å². The molecule has 5 heteroatoms. The van der Waals surface area contributed by atoms with Crippen LogP contribution in [0.2, 0.25) is 5.02 Å². The Kier molecular flexibility index (Phi) is 3.53. The monoisotopic (exact) mass is 279 g/mol. The molecule has 0 aliphatic carbocycles. The molecule has 19 heavy (non-hydrogen) atoms. The molecule has 1 fully saturated rings. The van der Waals surface area contributed by atoms with Crippen LogP contribution < -0.4 is 5.32 Å². The molecule has 100 valence electrons. The van der Waals surface area contributed by atoms with E-state index in [0.717, 1.165) is 25.1 Å². The molecule has 1 atom stereocenters. The van der Waals surface area contributed by atoms with Crippen LogP contribution in [0.15, 0.2) is 30.7 Å². The second-order valence-electron chi connectivity index (χ2n) is 4.88. The first-order chi connectivity index (χ1) is 9.24. The number of halogens is 2. The lowest BCUT2D eigenvalue weighted by Gasteiger charge is -2.13. The van der Waals surface area contributed by atoms with Crippen molar-refractivity contribution in [2.75, 3.05) is 13.1 Å². The van der Waals surface area contributed by atoms with E-state index in [1.807, 2.05) is 12.5 Å². The third-order valence-electron chi connectivity index (χ3n) is 3.56. The maximum atomic E-state index is 13.1. The van der Waals surface area contributed by atoms with Crippen molar-refractivity contribution in [1.82, 2.24) is 14.9 Å². The Labute approximate surface area is 116 Å². The number of hydrogen-bond acceptors (Lipinski definition) is 2. The molecule has 0 saturated carbocycles. The fourth-order valence-electron chi connectivity index (χ4n) is 2.54. The molecule has 0 radical (unpaired) electrons. The maximum Gasteiger partial charge on any atom is 0.141 e. The second-order valence-corrected chi connectivity index (χ2v) is 5.29. The number of nitrogens with zero attached hydrogens (tertiary/aromatic N) is 2. The summed E-state index contributed by atoms with van der Waals surface area (Å²) < 4.78 is 15.3. The number of benzene rings is 1. The van der Waals surface area contributed by atoms with Gasteiger partial charge in [-0.25, -0.2) is 9.37 Å². The third kappa shape index (κ3) is 2.65. The highest BCUT2D eigenvalue weighted by atomic mass is 35.5. The zero-order chi connectivity index (χ0) is 13.2. The van der Waals surface area contributed by atoms with Gasteiger partial charge < -0.3 is 9.88 Å². The molecule has 1 unspecified atom stereocenters. The number of nitrogens with one attached hydrogen (secondary N) is 1. The second kappa shape index (κ2) is 5.31.